The molecule has 0 unspecified atom stereocenters. The van der Waals surface area contributed by atoms with Gasteiger partial charge in [0.1, 0.15) is 15.8 Å². The minimum absolute atomic E-state index is 0.226. The average Bonchev–Trinajstić information content (AvgIpc) is 2.78. The highest BCUT2D eigenvalue weighted by atomic mass is 32.1. The number of thiophene rings is 1. The Balaban J connectivity index is 2.44. The topological polar surface area (TPSA) is 67.4 Å². The third kappa shape index (κ3) is 3.25. The molecule has 116 valence electrons. The number of hydrogen-bond donors (Lipinski definition) is 2. The van der Waals surface area contributed by atoms with E-state index in [-0.39, 0.29) is 12.3 Å². The van der Waals surface area contributed by atoms with E-state index < -0.39 is 11.8 Å². The second-order valence-electron chi connectivity index (χ2n) is 4.35. The average molecular weight is 322 g/mol. The lowest BCUT2D eigenvalue weighted by atomic mass is 10.2. The Labute approximate surface area is 131 Å². The predicted octanol–water partition coefficient (Wildman–Crippen LogP) is 3.68. The van der Waals surface area contributed by atoms with Crippen LogP contribution in [0, 0.1) is 12.7 Å². The number of amides is 1. The molecule has 1 aromatic carbocycles. The van der Waals surface area contributed by atoms with Crippen LogP contribution >= 0.6 is 11.3 Å². The molecule has 7 heteroatoms. The van der Waals surface area contributed by atoms with Crippen LogP contribution in [-0.4, -0.2) is 19.0 Å². The number of para-hydroxylation sites is 1. The Morgan fingerprint density at radius 2 is 2.09 bits per heavy atom. The summed E-state index contributed by atoms with van der Waals surface area (Å²) in [6.07, 6.45) is 0.528. The fraction of sp³-hybridized carbons (Fsp3) is 0.200. The molecule has 2 aromatic rings. The Hall–Kier alpha value is -2.41. The molecular weight excluding hydrogens is 307 g/mol. The minimum atomic E-state index is -0.519. The molecular formula is C15H15FN2O3S. The van der Waals surface area contributed by atoms with Crippen molar-refractivity contribution in [3.63, 3.8) is 0 Å². The van der Waals surface area contributed by atoms with Crippen molar-refractivity contribution in [1.82, 2.24) is 0 Å². The summed E-state index contributed by atoms with van der Waals surface area (Å²) >= 11 is 1.15. The minimum Gasteiger partial charge on any atom is -0.462 e. The van der Waals surface area contributed by atoms with E-state index in [1.807, 2.05) is 0 Å². The first-order valence-corrected chi connectivity index (χ1v) is 7.42. The largest absolute Gasteiger partial charge is 0.462 e. The first-order valence-electron chi connectivity index (χ1n) is 6.60. The maximum Gasteiger partial charge on any atom is 0.341 e. The zero-order chi connectivity index (χ0) is 16.1. The Morgan fingerprint density at radius 3 is 2.73 bits per heavy atom. The van der Waals surface area contributed by atoms with E-state index in [9.17, 15) is 14.0 Å². The zero-order valence-electron chi connectivity index (χ0n) is 12.1. The maximum atomic E-state index is 13.8. The molecule has 22 heavy (non-hydrogen) atoms. The van der Waals surface area contributed by atoms with Gasteiger partial charge in [0.25, 0.3) is 0 Å². The summed E-state index contributed by atoms with van der Waals surface area (Å²) in [5.41, 5.74) is 1.11. The van der Waals surface area contributed by atoms with Gasteiger partial charge in [0.15, 0.2) is 0 Å². The van der Waals surface area contributed by atoms with Crippen molar-refractivity contribution in [3.8, 4) is 0 Å². The van der Waals surface area contributed by atoms with Gasteiger partial charge in [0, 0.05) is 5.56 Å². The third-order valence-electron chi connectivity index (χ3n) is 2.94. The van der Waals surface area contributed by atoms with Crippen LogP contribution in [0.25, 0.3) is 0 Å². The van der Waals surface area contributed by atoms with Crippen molar-refractivity contribution < 1.29 is 18.7 Å². The number of rotatable bonds is 6. The van der Waals surface area contributed by atoms with Crippen LogP contribution in [0.1, 0.15) is 22.8 Å². The second-order valence-corrected chi connectivity index (χ2v) is 5.37. The van der Waals surface area contributed by atoms with Crippen LogP contribution in [0.4, 0.5) is 20.1 Å². The number of carbonyl (C=O) groups is 2. The van der Waals surface area contributed by atoms with Gasteiger partial charge in [-0.15, -0.1) is 0 Å². The summed E-state index contributed by atoms with van der Waals surface area (Å²) in [6.45, 7) is 3.62. The number of hydrogen-bond acceptors (Lipinski definition) is 5. The molecule has 1 heterocycles. The number of esters is 1. The molecule has 0 spiro atoms. The van der Waals surface area contributed by atoms with Crippen molar-refractivity contribution in [1.29, 1.82) is 0 Å². The van der Waals surface area contributed by atoms with Crippen LogP contribution in [0.3, 0.4) is 0 Å². The summed E-state index contributed by atoms with van der Waals surface area (Å²) in [5.74, 6) is -0.956. The smallest absolute Gasteiger partial charge is 0.341 e. The van der Waals surface area contributed by atoms with Crippen molar-refractivity contribution in [2.45, 2.75) is 13.8 Å². The Kier molecular flexibility index (Phi) is 5.11. The molecule has 0 fully saturated rings. The fourth-order valence-electron chi connectivity index (χ4n) is 1.93. The monoisotopic (exact) mass is 322 g/mol. The van der Waals surface area contributed by atoms with E-state index in [1.165, 1.54) is 6.07 Å². The standard InChI is InChI=1S/C15H15FN2O3S/c1-3-21-15(20)12-9(2)13(17-8-19)22-14(12)18-11-7-5-4-6-10(11)16/h4-8,18H,3H2,1-2H3,(H,17,19). The van der Waals surface area contributed by atoms with E-state index in [4.69, 9.17) is 4.74 Å². The SMILES string of the molecule is CCOC(=O)c1c(Nc2ccccc2F)sc(NC=O)c1C. The highest BCUT2D eigenvalue weighted by Crippen LogP contribution is 2.39. The fourth-order valence-corrected chi connectivity index (χ4v) is 2.99. The molecule has 0 bridgehead atoms. The lowest BCUT2D eigenvalue weighted by Crippen LogP contribution is -2.08. The molecule has 0 atom stereocenters. The van der Waals surface area contributed by atoms with Crippen molar-refractivity contribution in [3.05, 3.63) is 41.2 Å². The molecule has 2 rings (SSSR count). The van der Waals surface area contributed by atoms with Crippen molar-refractivity contribution >= 4 is 39.4 Å². The third-order valence-corrected chi connectivity index (χ3v) is 4.08. The summed E-state index contributed by atoms with van der Waals surface area (Å²) in [7, 11) is 0. The molecule has 1 aromatic heterocycles. The molecule has 1 amide bonds. The number of benzene rings is 1. The summed E-state index contributed by atoms with van der Waals surface area (Å²) in [6, 6.07) is 6.13. The quantitative estimate of drug-likeness (QED) is 0.629. The lowest BCUT2D eigenvalue weighted by molar-refractivity contribution is -0.105. The first kappa shape index (κ1) is 16.0. The number of carbonyl (C=O) groups excluding carboxylic acids is 2. The van der Waals surface area contributed by atoms with Crippen LogP contribution in [-0.2, 0) is 9.53 Å². The van der Waals surface area contributed by atoms with Crippen LogP contribution in [0.15, 0.2) is 24.3 Å². The van der Waals surface area contributed by atoms with Crippen molar-refractivity contribution in [2.75, 3.05) is 17.2 Å². The summed E-state index contributed by atoms with van der Waals surface area (Å²) in [4.78, 5) is 22.8. The number of ether oxygens (including phenoxy) is 1. The first-order chi connectivity index (χ1) is 10.6. The highest BCUT2D eigenvalue weighted by Gasteiger charge is 2.23. The molecule has 2 N–H and O–H groups in total. The molecule has 0 aliphatic carbocycles. The van der Waals surface area contributed by atoms with E-state index >= 15 is 0 Å². The number of nitrogens with one attached hydrogen (secondary N) is 2. The predicted molar refractivity (Wildman–Crippen MR) is 84.4 cm³/mol. The van der Waals surface area contributed by atoms with Gasteiger partial charge in [0.05, 0.1) is 17.9 Å². The van der Waals surface area contributed by atoms with E-state index in [0.717, 1.165) is 11.3 Å². The van der Waals surface area contributed by atoms with Crippen LogP contribution < -0.4 is 10.6 Å². The maximum absolute atomic E-state index is 13.8. The van der Waals surface area contributed by atoms with Gasteiger partial charge < -0.3 is 15.4 Å². The van der Waals surface area contributed by atoms with E-state index in [0.29, 0.717) is 27.5 Å². The number of anilines is 3. The summed E-state index contributed by atoms with van der Waals surface area (Å²) in [5, 5.41) is 6.35. The van der Waals surface area contributed by atoms with Gasteiger partial charge in [-0.25, -0.2) is 9.18 Å². The van der Waals surface area contributed by atoms with Crippen molar-refractivity contribution in [2.24, 2.45) is 0 Å². The zero-order valence-corrected chi connectivity index (χ0v) is 12.9. The molecule has 0 aliphatic heterocycles. The molecule has 0 radical (unpaired) electrons. The van der Waals surface area contributed by atoms with Crippen LogP contribution in [0.2, 0.25) is 0 Å². The normalized spacial score (nSPS) is 10.1. The second kappa shape index (κ2) is 7.04. The molecule has 5 nitrogen and oxygen atoms in total. The van der Waals surface area contributed by atoms with Gasteiger partial charge in [-0.2, -0.15) is 0 Å². The van der Waals surface area contributed by atoms with E-state index in [2.05, 4.69) is 10.6 Å². The molecule has 0 aliphatic rings. The Morgan fingerprint density at radius 1 is 1.36 bits per heavy atom. The van der Waals surface area contributed by atoms with Gasteiger partial charge in [-0.05, 0) is 26.0 Å². The van der Waals surface area contributed by atoms with Gasteiger partial charge in [-0.3, -0.25) is 4.79 Å². The molecule has 0 saturated carbocycles. The lowest BCUT2D eigenvalue weighted by Gasteiger charge is -2.08. The van der Waals surface area contributed by atoms with Gasteiger partial charge >= 0.3 is 5.97 Å². The Bertz CT molecular complexity index is 700. The van der Waals surface area contributed by atoms with Crippen LogP contribution in [0.5, 0.6) is 0 Å². The van der Waals surface area contributed by atoms with Gasteiger partial charge in [0.2, 0.25) is 6.41 Å². The highest BCUT2D eigenvalue weighted by molar-refractivity contribution is 7.20. The van der Waals surface area contributed by atoms with E-state index in [1.54, 1.807) is 32.0 Å². The summed E-state index contributed by atoms with van der Waals surface area (Å²) < 4.78 is 18.8. The number of halogens is 1. The molecule has 0 saturated heterocycles. The van der Waals surface area contributed by atoms with Gasteiger partial charge in [-0.1, -0.05) is 23.5 Å².